The third-order valence-electron chi connectivity index (χ3n) is 6.36. The summed E-state index contributed by atoms with van der Waals surface area (Å²) in [5, 5.41) is 3.17. The second-order valence-electron chi connectivity index (χ2n) is 9.68. The van der Waals surface area contributed by atoms with Crippen LogP contribution >= 0.6 is 0 Å². The highest BCUT2D eigenvalue weighted by Gasteiger charge is 2.46. The number of likely N-dealkylation sites (tertiary alicyclic amines) is 1. The molecule has 0 spiro atoms. The number of carbonyl (C=O) groups excluding carboxylic acids is 2. The predicted molar refractivity (Wildman–Crippen MR) is 114 cm³/mol. The van der Waals surface area contributed by atoms with E-state index < -0.39 is 0 Å². The zero-order valence-electron chi connectivity index (χ0n) is 17.6. The minimum Gasteiger partial charge on any atom is -0.357 e. The minimum atomic E-state index is 0.00801. The predicted octanol–water partition coefficient (Wildman–Crippen LogP) is 3.76. The summed E-state index contributed by atoms with van der Waals surface area (Å²) in [6, 6.07) is 12.3. The number of carbonyl (C=O) groups is 2. The maximum absolute atomic E-state index is 12.8. The van der Waals surface area contributed by atoms with Gasteiger partial charge in [-0.05, 0) is 41.9 Å². The molecule has 2 amide bonds. The molecular formula is C24H31N3O2. The maximum Gasteiger partial charge on any atom is 0.270 e. The number of nitrogens with one attached hydrogen (secondary N) is 2. The number of benzene rings is 1. The first kappa shape index (κ1) is 19.7. The van der Waals surface area contributed by atoms with Gasteiger partial charge >= 0.3 is 0 Å². The summed E-state index contributed by atoms with van der Waals surface area (Å²) >= 11 is 0. The molecular weight excluding hydrogens is 362 g/mol. The lowest BCUT2D eigenvalue weighted by atomic mass is 9.89. The summed E-state index contributed by atoms with van der Waals surface area (Å²) in [4.78, 5) is 30.5. The van der Waals surface area contributed by atoms with E-state index in [1.807, 2.05) is 35.4 Å². The Morgan fingerprint density at radius 2 is 1.93 bits per heavy atom. The highest BCUT2D eigenvalue weighted by Crippen LogP contribution is 2.50. The molecule has 1 atom stereocenters. The van der Waals surface area contributed by atoms with Crippen molar-refractivity contribution in [1.82, 2.24) is 15.2 Å². The van der Waals surface area contributed by atoms with E-state index in [1.54, 1.807) is 0 Å². The number of rotatable bonds is 5. The molecule has 4 rings (SSSR count). The highest BCUT2D eigenvalue weighted by molar-refractivity contribution is 5.93. The minimum absolute atomic E-state index is 0.00801. The molecule has 2 heterocycles. The van der Waals surface area contributed by atoms with Crippen molar-refractivity contribution in [2.45, 2.75) is 63.3 Å². The van der Waals surface area contributed by atoms with E-state index in [9.17, 15) is 9.59 Å². The van der Waals surface area contributed by atoms with E-state index in [0.29, 0.717) is 25.2 Å². The standard InChI is InChI=1S/C24H31N3O2/c1-23(2,3)18-13-20(25-15-18)22(29)27-12-9-19(16-27)26-21(28)14-24(10-11-24)17-7-5-4-6-8-17/h4-8,13,15,19,25H,9-12,14,16H2,1-3H3,(H,26,28)/t19-/m1/s1. The average Bonchev–Trinajstić information content (AvgIpc) is 3.09. The highest BCUT2D eigenvalue weighted by atomic mass is 16.2. The van der Waals surface area contributed by atoms with Crippen LogP contribution in [0, 0.1) is 0 Å². The van der Waals surface area contributed by atoms with Crippen molar-refractivity contribution < 1.29 is 9.59 Å². The number of hydrogen-bond acceptors (Lipinski definition) is 2. The molecule has 5 heteroatoms. The molecule has 5 nitrogen and oxygen atoms in total. The van der Waals surface area contributed by atoms with Crippen LogP contribution in [0.2, 0.25) is 0 Å². The number of aromatic amines is 1. The summed E-state index contributed by atoms with van der Waals surface area (Å²) < 4.78 is 0. The molecule has 29 heavy (non-hydrogen) atoms. The summed E-state index contributed by atoms with van der Waals surface area (Å²) in [5.41, 5.74) is 3.05. The lowest BCUT2D eigenvalue weighted by molar-refractivity contribution is -0.122. The Balaban J connectivity index is 1.31. The van der Waals surface area contributed by atoms with E-state index in [4.69, 9.17) is 0 Å². The van der Waals surface area contributed by atoms with Crippen LogP contribution in [0.3, 0.4) is 0 Å². The van der Waals surface area contributed by atoms with Crippen LogP contribution in [0.1, 0.15) is 68.1 Å². The Hall–Kier alpha value is -2.56. The van der Waals surface area contributed by atoms with Crippen LogP contribution in [0.15, 0.2) is 42.6 Å². The molecule has 2 aromatic rings. The van der Waals surface area contributed by atoms with Crippen LogP contribution in [0.25, 0.3) is 0 Å². The fraction of sp³-hybridized carbons (Fsp3) is 0.500. The van der Waals surface area contributed by atoms with E-state index in [2.05, 4.69) is 43.2 Å². The van der Waals surface area contributed by atoms with E-state index in [1.165, 1.54) is 5.56 Å². The van der Waals surface area contributed by atoms with Crippen LogP contribution < -0.4 is 5.32 Å². The molecule has 1 saturated carbocycles. The summed E-state index contributed by atoms with van der Waals surface area (Å²) in [6.45, 7) is 7.65. The fourth-order valence-corrected chi connectivity index (χ4v) is 4.28. The molecule has 0 bridgehead atoms. The van der Waals surface area contributed by atoms with Crippen LogP contribution in [0.4, 0.5) is 0 Å². The number of hydrogen-bond donors (Lipinski definition) is 2. The maximum atomic E-state index is 12.8. The summed E-state index contributed by atoms with van der Waals surface area (Å²) in [6.07, 6.45) is 5.40. The number of H-pyrrole nitrogens is 1. The Labute approximate surface area is 172 Å². The van der Waals surface area contributed by atoms with Gasteiger partial charge in [0.25, 0.3) is 5.91 Å². The molecule has 2 aliphatic rings. The molecule has 0 unspecified atom stereocenters. The van der Waals surface area contributed by atoms with Crippen LogP contribution in [-0.2, 0) is 15.6 Å². The van der Waals surface area contributed by atoms with Crippen molar-refractivity contribution in [3.63, 3.8) is 0 Å². The van der Waals surface area contributed by atoms with Gasteiger partial charge in [-0.2, -0.15) is 0 Å². The SMILES string of the molecule is CC(C)(C)c1c[nH]c(C(=O)N2CC[C@@H](NC(=O)CC3(c4ccccc4)CC3)C2)c1. The van der Waals surface area contributed by atoms with Gasteiger partial charge in [-0.3, -0.25) is 9.59 Å². The summed E-state index contributed by atoms with van der Waals surface area (Å²) in [7, 11) is 0. The van der Waals surface area contributed by atoms with Gasteiger partial charge < -0.3 is 15.2 Å². The topological polar surface area (TPSA) is 65.2 Å². The van der Waals surface area contributed by atoms with Gasteiger partial charge in [0, 0.05) is 37.2 Å². The molecule has 1 aromatic carbocycles. The Kier molecular flexibility index (Phi) is 5.01. The fourth-order valence-electron chi connectivity index (χ4n) is 4.28. The molecule has 0 radical (unpaired) electrons. The summed E-state index contributed by atoms with van der Waals surface area (Å²) in [5.74, 6) is 0.112. The molecule has 1 aromatic heterocycles. The first-order valence-corrected chi connectivity index (χ1v) is 10.6. The van der Waals surface area contributed by atoms with Gasteiger partial charge in [0.1, 0.15) is 5.69 Å². The molecule has 1 saturated heterocycles. The van der Waals surface area contributed by atoms with Gasteiger partial charge in [-0.15, -0.1) is 0 Å². The van der Waals surface area contributed by atoms with Crippen molar-refractivity contribution in [2.75, 3.05) is 13.1 Å². The quantitative estimate of drug-likeness (QED) is 0.812. The largest absolute Gasteiger partial charge is 0.357 e. The van der Waals surface area contributed by atoms with Gasteiger partial charge in [-0.25, -0.2) is 0 Å². The average molecular weight is 394 g/mol. The monoisotopic (exact) mass is 393 g/mol. The van der Waals surface area contributed by atoms with Crippen LogP contribution in [-0.4, -0.2) is 40.8 Å². The van der Waals surface area contributed by atoms with E-state index in [-0.39, 0.29) is 28.7 Å². The Morgan fingerprint density at radius 3 is 2.55 bits per heavy atom. The first-order valence-electron chi connectivity index (χ1n) is 10.6. The van der Waals surface area contributed by atoms with Gasteiger partial charge in [-0.1, -0.05) is 51.1 Å². The van der Waals surface area contributed by atoms with Crippen molar-refractivity contribution in [1.29, 1.82) is 0 Å². The molecule has 2 fully saturated rings. The van der Waals surface area contributed by atoms with Gasteiger partial charge in [0.05, 0.1) is 0 Å². The molecule has 154 valence electrons. The second kappa shape index (κ2) is 7.36. The number of aromatic nitrogens is 1. The Bertz CT molecular complexity index is 890. The number of amides is 2. The first-order chi connectivity index (χ1) is 13.8. The smallest absolute Gasteiger partial charge is 0.270 e. The Morgan fingerprint density at radius 1 is 1.21 bits per heavy atom. The second-order valence-corrected chi connectivity index (χ2v) is 9.68. The van der Waals surface area contributed by atoms with Gasteiger partial charge in [0.15, 0.2) is 0 Å². The molecule has 1 aliphatic carbocycles. The van der Waals surface area contributed by atoms with E-state index in [0.717, 1.165) is 24.8 Å². The number of nitrogens with zero attached hydrogens (tertiary/aromatic N) is 1. The third-order valence-corrected chi connectivity index (χ3v) is 6.36. The van der Waals surface area contributed by atoms with Crippen molar-refractivity contribution in [2.24, 2.45) is 0 Å². The lowest BCUT2D eigenvalue weighted by Gasteiger charge is -2.19. The van der Waals surface area contributed by atoms with Crippen molar-refractivity contribution in [3.8, 4) is 0 Å². The zero-order chi connectivity index (χ0) is 20.6. The zero-order valence-corrected chi connectivity index (χ0v) is 17.6. The molecule has 2 N–H and O–H groups in total. The van der Waals surface area contributed by atoms with Crippen molar-refractivity contribution in [3.05, 3.63) is 59.4 Å². The van der Waals surface area contributed by atoms with Gasteiger partial charge in [0.2, 0.25) is 5.91 Å². The van der Waals surface area contributed by atoms with Crippen molar-refractivity contribution >= 4 is 11.8 Å². The molecule has 1 aliphatic heterocycles. The normalized spacial score (nSPS) is 20.5. The lowest BCUT2D eigenvalue weighted by Crippen LogP contribution is -2.39. The van der Waals surface area contributed by atoms with Crippen LogP contribution in [0.5, 0.6) is 0 Å². The van der Waals surface area contributed by atoms with E-state index >= 15 is 0 Å². The third kappa shape index (κ3) is 4.24.